The van der Waals surface area contributed by atoms with E-state index in [-0.39, 0.29) is 94.5 Å². The van der Waals surface area contributed by atoms with Crippen molar-refractivity contribution in [2.75, 3.05) is 93.6 Å². The van der Waals surface area contributed by atoms with Crippen LogP contribution in [0.3, 0.4) is 0 Å². The summed E-state index contributed by atoms with van der Waals surface area (Å²) in [5.74, 6) is -1.21. The lowest BCUT2D eigenvalue weighted by Gasteiger charge is -2.42. The number of nitrogens with two attached hydrogens (primary N) is 1. The molecule has 3 aliphatic heterocycles. The molecule has 3 aromatic heterocycles. The molecule has 0 radical (unpaired) electrons. The molecule has 6 aliphatic rings. The number of halogens is 1. The quantitative estimate of drug-likeness (QED) is 0.0192. The van der Waals surface area contributed by atoms with Crippen LogP contribution in [-0.2, 0) is 70.6 Å². The maximum absolute atomic E-state index is 12.5. The van der Waals surface area contributed by atoms with E-state index in [1.54, 1.807) is 61.7 Å². The van der Waals surface area contributed by atoms with Crippen molar-refractivity contribution in [2.24, 2.45) is 5.73 Å². The third-order valence-electron chi connectivity index (χ3n) is 24.1. The zero-order chi connectivity index (χ0) is 81.3. The number of nitrogens with zero attached hydrogens (tertiary/aromatic N) is 6. The van der Waals surface area contributed by atoms with Crippen LogP contribution in [0.15, 0.2) is 70.7 Å². The minimum absolute atomic E-state index is 0.0819. The number of thiazole rings is 3. The van der Waals surface area contributed by atoms with Crippen molar-refractivity contribution >= 4 is 89.2 Å². The largest absolute Gasteiger partial charge is 0.466 e. The molecule has 12 rings (SSSR count). The summed E-state index contributed by atoms with van der Waals surface area (Å²) < 4.78 is 19.8. The number of esters is 4. The Labute approximate surface area is 689 Å². The second-order valence-electron chi connectivity index (χ2n) is 35.3. The molecule has 3 saturated heterocycles. The molecule has 6 N–H and O–H groups in total. The van der Waals surface area contributed by atoms with E-state index in [2.05, 4.69) is 195 Å². The van der Waals surface area contributed by atoms with E-state index in [1.165, 1.54) is 88.6 Å². The Morgan fingerprint density at radius 1 is 0.473 bits per heavy atom. The van der Waals surface area contributed by atoms with Gasteiger partial charge in [0.05, 0.1) is 50.1 Å². The number of aliphatic hydroxyl groups is 2. The highest BCUT2D eigenvalue weighted by atomic mass is 79.9. The first-order chi connectivity index (χ1) is 53.1. The van der Waals surface area contributed by atoms with Crippen molar-refractivity contribution in [1.29, 1.82) is 0 Å². The van der Waals surface area contributed by atoms with E-state index in [4.69, 9.17) is 44.7 Å². The third kappa shape index (κ3) is 23.9. The summed E-state index contributed by atoms with van der Waals surface area (Å²) in [5.41, 5.74) is 23.2. The summed E-state index contributed by atoms with van der Waals surface area (Å²) in [6.45, 7) is 42.9. The average molecular weight is 1660 g/mol. The molecule has 3 atom stereocenters. The number of carbonyl (C=O) groups excluding carboxylic acids is 4. The van der Waals surface area contributed by atoms with Crippen molar-refractivity contribution in [2.45, 2.75) is 294 Å². The minimum atomic E-state index is -0.504. The predicted molar refractivity (Wildman–Crippen MR) is 463 cm³/mol. The van der Waals surface area contributed by atoms with Gasteiger partial charge in [0.15, 0.2) is 15.4 Å². The number of hydrogen-bond acceptors (Lipinski definition) is 22. The van der Waals surface area contributed by atoms with Gasteiger partial charge in [0.2, 0.25) is 0 Å². The van der Waals surface area contributed by atoms with Crippen LogP contribution in [0.4, 0.5) is 15.4 Å². The number of benzene rings is 3. The van der Waals surface area contributed by atoms with Crippen molar-refractivity contribution in [1.82, 2.24) is 25.6 Å². The van der Waals surface area contributed by atoms with Gasteiger partial charge in [-0.1, -0.05) is 135 Å². The molecule has 0 bridgehead atoms. The van der Waals surface area contributed by atoms with Crippen LogP contribution in [0.25, 0.3) is 33.8 Å². The van der Waals surface area contributed by atoms with Crippen LogP contribution in [0.5, 0.6) is 0 Å². The van der Waals surface area contributed by atoms with Crippen LogP contribution in [0, 0.1) is 0 Å². The Morgan fingerprint density at radius 3 is 1.15 bits per heavy atom. The van der Waals surface area contributed by atoms with Gasteiger partial charge in [-0.05, 0) is 214 Å². The summed E-state index contributed by atoms with van der Waals surface area (Å²) in [5, 5.41) is 35.6. The molecule has 112 heavy (non-hydrogen) atoms. The van der Waals surface area contributed by atoms with Gasteiger partial charge in [-0.15, -0.1) is 34.0 Å². The highest BCUT2D eigenvalue weighted by Gasteiger charge is 2.41. The smallest absolute Gasteiger partial charge is 0.323 e. The fraction of sp³-hybridized carbons (Fsp3) is 0.652. The van der Waals surface area contributed by atoms with Crippen molar-refractivity contribution in [3.8, 4) is 33.8 Å². The summed E-state index contributed by atoms with van der Waals surface area (Å²) >= 11 is 8.35. The fourth-order valence-corrected chi connectivity index (χ4v) is 19.5. The maximum atomic E-state index is 12.5. The minimum Gasteiger partial charge on any atom is -0.466 e. The van der Waals surface area contributed by atoms with Gasteiger partial charge in [-0.25, -0.2) is 15.0 Å². The van der Waals surface area contributed by atoms with Gasteiger partial charge in [0.1, 0.15) is 10.9 Å². The lowest BCUT2D eigenvalue weighted by Crippen LogP contribution is -2.49. The zero-order valence-corrected chi connectivity index (χ0v) is 74.2. The first-order valence-electron chi connectivity index (χ1n) is 41.5. The van der Waals surface area contributed by atoms with Crippen LogP contribution in [-0.4, -0.2) is 163 Å². The normalized spacial score (nSPS) is 19.6. The topological polar surface area (TPSA) is 244 Å². The van der Waals surface area contributed by atoms with Crippen LogP contribution < -0.4 is 31.1 Å². The molecule has 6 aromatic rings. The number of carbonyl (C=O) groups is 4. The standard InChI is InChI=1S/C31H45N3O4S.C27H41N3O2S.C22H31N3S.C9H15BrO4/c1-7-37-27(35)12-11-25(28(36)38-8-2)32-22-13-17-34(18-14-22)29-33-26(20-39-29)21-9-10-23-24(19-21)31(5,6)16-15-30(23,3)4;1-26(2)11-12-27(3,4)23-16-19(7-8-22(23)26)24-18-33-25(29-24)30-13-9-20(10-14-30)28-21(17-32)6-5-15-31;1-21(2)9-10-22(3,4)18-13-15(5-6-17(18)21)19-14-26-20(24-19)25-11-7-16(23)8-12-25;1-3-13-8(11)6-5-7(10)9(12)14-4-2/h9-10,19-20,22,25,32H,7-8,11-18H2,1-6H3;7-8,16,18,20-21,28,31-32H,5-6,9-15,17H2,1-4H3;5-6,13-14,16H,7-12,23H2,1-4H3;7H,3-6H2,1-2H3. The van der Waals surface area contributed by atoms with Gasteiger partial charge in [0, 0.05) is 116 Å². The summed E-state index contributed by atoms with van der Waals surface area (Å²) in [7, 11) is 0. The first-order valence-corrected chi connectivity index (χ1v) is 45.1. The molecule has 3 aliphatic carbocycles. The van der Waals surface area contributed by atoms with E-state index in [0.717, 1.165) is 123 Å². The van der Waals surface area contributed by atoms with Gasteiger partial charge in [-0.2, -0.15) is 0 Å². The molecule has 3 fully saturated rings. The van der Waals surface area contributed by atoms with E-state index in [9.17, 15) is 24.3 Å². The number of fused-ring (bicyclic) bond motifs is 3. The maximum Gasteiger partial charge on any atom is 0.323 e. The number of ether oxygens (including phenoxy) is 4. The summed E-state index contributed by atoms with van der Waals surface area (Å²) in [6.07, 6.45) is 16.1. The Hall–Kier alpha value is -5.89. The van der Waals surface area contributed by atoms with E-state index >= 15 is 0 Å². The van der Waals surface area contributed by atoms with E-state index in [0.29, 0.717) is 51.4 Å². The number of piperidine rings is 3. The summed E-state index contributed by atoms with van der Waals surface area (Å²) in [4.78, 5) is 68.1. The van der Waals surface area contributed by atoms with Gasteiger partial charge in [-0.3, -0.25) is 19.2 Å². The molecule has 618 valence electrons. The molecule has 3 aromatic carbocycles. The molecular weight excluding hydrogens is 1530 g/mol. The highest BCUT2D eigenvalue weighted by Crippen LogP contribution is 2.50. The number of aliphatic hydroxyl groups excluding tert-OH is 2. The third-order valence-corrected chi connectivity index (χ3v) is 27.6. The number of hydrogen-bond donors (Lipinski definition) is 5. The van der Waals surface area contributed by atoms with E-state index in [1.807, 2.05) is 0 Å². The van der Waals surface area contributed by atoms with Gasteiger partial charge < -0.3 is 60.2 Å². The molecule has 0 saturated carbocycles. The number of alkyl halides is 1. The second-order valence-corrected chi connectivity index (χ2v) is 38.9. The van der Waals surface area contributed by atoms with Crippen LogP contribution >= 0.6 is 49.9 Å². The first kappa shape index (κ1) is 90.0. The molecule has 23 heteroatoms. The number of nitrogens with one attached hydrogen (secondary N) is 2. The monoisotopic (exact) mass is 1660 g/mol. The summed E-state index contributed by atoms with van der Waals surface area (Å²) in [6, 6.07) is 21.5. The molecule has 0 spiro atoms. The van der Waals surface area contributed by atoms with Crippen molar-refractivity contribution in [3.63, 3.8) is 0 Å². The predicted octanol–water partition coefficient (Wildman–Crippen LogP) is 17.6. The Morgan fingerprint density at radius 2 is 0.804 bits per heavy atom. The number of anilines is 3. The van der Waals surface area contributed by atoms with Gasteiger partial charge >= 0.3 is 23.9 Å². The highest BCUT2D eigenvalue weighted by molar-refractivity contribution is 9.10. The molecule has 3 unspecified atom stereocenters. The lowest BCUT2D eigenvalue weighted by atomic mass is 9.63. The fourth-order valence-electron chi connectivity index (χ4n) is 16.5. The Balaban J connectivity index is 0.000000180. The van der Waals surface area contributed by atoms with E-state index < -0.39 is 10.9 Å². The molecule has 6 heterocycles. The van der Waals surface area contributed by atoms with Crippen LogP contribution in [0.2, 0.25) is 0 Å². The number of rotatable bonds is 26. The zero-order valence-electron chi connectivity index (χ0n) is 70.1. The second kappa shape index (κ2) is 40.3. The molecular formula is C89H132BrN9O10S3. The molecule has 19 nitrogen and oxygen atoms in total. The average Bonchev–Trinajstić information content (AvgIpc) is 0.926. The molecule has 0 amide bonds. The SMILES string of the molecule is CC1(C)CCC(C)(C)c2cc(-c3csc(N4CCC(N)CC4)n3)ccc21.CC1(C)CCC(C)(C)c2cc(-c3csc(N4CCC(NC(CO)CCCO)CC4)n3)ccc21.CCOC(=O)CCC(Br)C(=O)OCC.CCOC(=O)CCC(NC1CCN(c2nc(-c3ccc4c(c3)C(C)(C)CCC4(C)C)cs2)CC1)C(=O)OCC. The number of aromatic nitrogens is 3. The Bertz CT molecular complexity index is 4030. The lowest BCUT2D eigenvalue weighted by molar-refractivity contribution is -0.148. The van der Waals surface area contributed by atoms with Crippen molar-refractivity contribution in [3.05, 3.63) is 104 Å². The Kier molecular flexibility index (Phi) is 32.4. The van der Waals surface area contributed by atoms with Crippen LogP contribution in [0.1, 0.15) is 260 Å². The van der Waals surface area contributed by atoms with Gasteiger partial charge in [0.25, 0.3) is 0 Å². The van der Waals surface area contributed by atoms with Crippen molar-refractivity contribution < 1.29 is 48.3 Å².